The van der Waals surface area contributed by atoms with Gasteiger partial charge in [-0.2, -0.15) is 10.0 Å². The Morgan fingerprint density at radius 2 is 1.82 bits per heavy atom. The molecule has 2 aromatic carbocycles. The van der Waals surface area contributed by atoms with E-state index < -0.39 is 11.8 Å². The number of carbonyl (C=O) groups is 2. The molecular formula is C30H24N6O4. The standard InChI is InChI=1S/C30H24N6O4/c1-16-12-20-14-23(17-6-8-18(9-7-17)25-24(15-31)40-35(2)30(25)39)36(22-10-11-22)27(20)26(33-16)29(38)34-21-5-3-4-19(13-21)28(32)37/h3-9,12-14,22H,10-11H2,1-2H3,(H2,32,37)(H,34,38). The third kappa shape index (κ3) is 4.23. The molecule has 198 valence electrons. The highest BCUT2D eigenvalue weighted by Crippen LogP contribution is 2.43. The number of nitrogens with one attached hydrogen (secondary N) is 1. The van der Waals surface area contributed by atoms with Crippen LogP contribution in [0.15, 0.2) is 70.0 Å². The van der Waals surface area contributed by atoms with E-state index >= 15 is 0 Å². The van der Waals surface area contributed by atoms with Gasteiger partial charge >= 0.3 is 0 Å². The van der Waals surface area contributed by atoms with Crippen LogP contribution in [-0.2, 0) is 7.05 Å². The van der Waals surface area contributed by atoms with Crippen LogP contribution in [0.1, 0.15) is 51.2 Å². The summed E-state index contributed by atoms with van der Waals surface area (Å²) in [5, 5.41) is 13.1. The second-order valence-corrected chi connectivity index (χ2v) is 9.87. The van der Waals surface area contributed by atoms with E-state index in [2.05, 4.69) is 14.9 Å². The van der Waals surface area contributed by atoms with Crippen molar-refractivity contribution < 1.29 is 14.1 Å². The van der Waals surface area contributed by atoms with Crippen LogP contribution in [0.2, 0.25) is 0 Å². The molecule has 5 aromatic rings. The summed E-state index contributed by atoms with van der Waals surface area (Å²) in [6, 6.07) is 20.0. The SMILES string of the molecule is Cc1cc2cc(-c3ccc(-c4c(C#N)on(C)c4=O)cc3)n(C3CC3)c2c(C(=O)Nc2cccc(C(N)=O)c2)n1. The molecule has 0 bridgehead atoms. The van der Waals surface area contributed by atoms with Crippen molar-refractivity contribution in [2.75, 3.05) is 5.32 Å². The Hall–Kier alpha value is -5.43. The summed E-state index contributed by atoms with van der Waals surface area (Å²) in [6.45, 7) is 1.84. The molecule has 1 fully saturated rings. The highest BCUT2D eigenvalue weighted by molar-refractivity contribution is 6.12. The number of carbonyl (C=O) groups excluding carboxylic acids is 2. The Bertz CT molecular complexity index is 1930. The van der Waals surface area contributed by atoms with Gasteiger partial charge < -0.3 is 20.1 Å². The average Bonchev–Trinajstić information content (AvgIpc) is 3.65. The molecule has 3 heterocycles. The molecule has 10 heteroatoms. The van der Waals surface area contributed by atoms with Gasteiger partial charge in [-0.25, -0.2) is 4.98 Å². The lowest BCUT2D eigenvalue weighted by Crippen LogP contribution is -2.17. The summed E-state index contributed by atoms with van der Waals surface area (Å²) in [4.78, 5) is 42.3. The molecule has 0 aliphatic heterocycles. The number of nitrogens with two attached hydrogens (primary N) is 1. The van der Waals surface area contributed by atoms with Crippen molar-refractivity contribution in [2.45, 2.75) is 25.8 Å². The normalized spacial score (nSPS) is 12.8. The molecule has 0 unspecified atom stereocenters. The molecule has 0 radical (unpaired) electrons. The summed E-state index contributed by atoms with van der Waals surface area (Å²) in [5.41, 5.74) is 10.1. The fourth-order valence-corrected chi connectivity index (χ4v) is 5.04. The van der Waals surface area contributed by atoms with E-state index in [-0.39, 0.29) is 28.6 Å². The average molecular weight is 533 g/mol. The van der Waals surface area contributed by atoms with Crippen LogP contribution < -0.4 is 16.6 Å². The maximum absolute atomic E-state index is 13.5. The van der Waals surface area contributed by atoms with E-state index in [0.717, 1.165) is 39.7 Å². The molecule has 40 heavy (non-hydrogen) atoms. The van der Waals surface area contributed by atoms with E-state index in [1.165, 1.54) is 13.1 Å². The second kappa shape index (κ2) is 9.39. The van der Waals surface area contributed by atoms with Gasteiger partial charge in [0.2, 0.25) is 11.7 Å². The number of amides is 2. The number of benzene rings is 2. The maximum Gasteiger partial charge on any atom is 0.291 e. The molecule has 1 aliphatic carbocycles. The first kappa shape index (κ1) is 24.9. The maximum atomic E-state index is 13.5. The van der Waals surface area contributed by atoms with Crippen molar-refractivity contribution in [3.8, 4) is 28.5 Å². The Morgan fingerprint density at radius 3 is 2.50 bits per heavy atom. The van der Waals surface area contributed by atoms with Gasteiger partial charge in [-0.15, -0.1) is 0 Å². The van der Waals surface area contributed by atoms with Gasteiger partial charge in [-0.05, 0) is 61.2 Å². The van der Waals surface area contributed by atoms with Gasteiger partial charge in [-0.1, -0.05) is 30.3 Å². The number of hydrogen-bond donors (Lipinski definition) is 2. The fourth-order valence-electron chi connectivity index (χ4n) is 5.04. The molecule has 1 saturated carbocycles. The molecule has 2 amide bonds. The lowest BCUT2D eigenvalue weighted by atomic mass is 10.0. The van der Waals surface area contributed by atoms with Crippen LogP contribution in [0.25, 0.3) is 33.3 Å². The third-order valence-corrected chi connectivity index (χ3v) is 7.00. The van der Waals surface area contributed by atoms with Gasteiger partial charge in [0.1, 0.15) is 11.6 Å². The van der Waals surface area contributed by atoms with Crippen LogP contribution >= 0.6 is 0 Å². The minimum atomic E-state index is -0.581. The number of primary amides is 1. The number of anilines is 1. The first-order valence-electron chi connectivity index (χ1n) is 12.7. The zero-order valence-electron chi connectivity index (χ0n) is 21.8. The number of nitrogens with zero attached hydrogens (tertiary/aromatic N) is 4. The topological polar surface area (TPSA) is 149 Å². The van der Waals surface area contributed by atoms with E-state index in [1.54, 1.807) is 30.3 Å². The van der Waals surface area contributed by atoms with Gasteiger partial charge in [0.25, 0.3) is 11.5 Å². The second-order valence-electron chi connectivity index (χ2n) is 9.87. The van der Waals surface area contributed by atoms with E-state index in [0.29, 0.717) is 22.5 Å². The number of rotatable bonds is 6. The highest BCUT2D eigenvalue weighted by Gasteiger charge is 2.31. The zero-order valence-corrected chi connectivity index (χ0v) is 21.8. The predicted molar refractivity (Wildman–Crippen MR) is 149 cm³/mol. The number of hydrogen-bond acceptors (Lipinski definition) is 6. The lowest BCUT2D eigenvalue weighted by Gasteiger charge is -2.13. The molecular weight excluding hydrogens is 508 g/mol. The summed E-state index contributed by atoms with van der Waals surface area (Å²) >= 11 is 0. The minimum Gasteiger partial charge on any atom is -0.366 e. The monoisotopic (exact) mass is 532 g/mol. The summed E-state index contributed by atoms with van der Waals surface area (Å²) in [6.07, 6.45) is 1.95. The van der Waals surface area contributed by atoms with E-state index in [4.69, 9.17) is 10.3 Å². The van der Waals surface area contributed by atoms with Gasteiger partial charge in [0.05, 0.1) is 5.52 Å². The Balaban J connectivity index is 1.44. The van der Waals surface area contributed by atoms with Gasteiger partial charge in [0, 0.05) is 41.1 Å². The van der Waals surface area contributed by atoms with Crippen LogP contribution in [0.5, 0.6) is 0 Å². The lowest BCUT2D eigenvalue weighted by molar-refractivity contribution is 0.0995. The number of aromatic nitrogens is 3. The zero-order chi connectivity index (χ0) is 28.1. The first-order chi connectivity index (χ1) is 19.2. The van der Waals surface area contributed by atoms with Crippen LogP contribution in [0.4, 0.5) is 5.69 Å². The van der Waals surface area contributed by atoms with Gasteiger partial charge in [0.15, 0.2) is 5.69 Å². The van der Waals surface area contributed by atoms with Crippen LogP contribution in [-0.4, -0.2) is 26.1 Å². The molecule has 0 atom stereocenters. The molecule has 1 aliphatic rings. The Morgan fingerprint density at radius 1 is 1.10 bits per heavy atom. The van der Waals surface area contributed by atoms with Crippen molar-refractivity contribution in [3.05, 3.63) is 93.7 Å². The number of nitriles is 1. The van der Waals surface area contributed by atoms with Gasteiger partial charge in [-0.3, -0.25) is 14.4 Å². The largest absolute Gasteiger partial charge is 0.366 e. The Kier molecular flexibility index (Phi) is 5.84. The van der Waals surface area contributed by atoms with Crippen LogP contribution in [0, 0.1) is 18.3 Å². The summed E-state index contributed by atoms with van der Waals surface area (Å²) in [7, 11) is 1.47. The van der Waals surface area contributed by atoms with E-state index in [9.17, 15) is 19.6 Å². The quantitative estimate of drug-likeness (QED) is 0.328. The third-order valence-electron chi connectivity index (χ3n) is 7.00. The van der Waals surface area contributed by atoms with Crippen LogP contribution in [0.3, 0.4) is 0 Å². The van der Waals surface area contributed by atoms with E-state index in [1.807, 2.05) is 37.3 Å². The Labute approximate surface area is 228 Å². The first-order valence-corrected chi connectivity index (χ1v) is 12.7. The number of aryl methyl sites for hydroxylation is 2. The number of fused-ring (bicyclic) bond motifs is 1. The fraction of sp³-hybridized carbons (Fsp3) is 0.167. The predicted octanol–water partition coefficient (Wildman–Crippen LogP) is 4.53. The smallest absolute Gasteiger partial charge is 0.291 e. The summed E-state index contributed by atoms with van der Waals surface area (Å²) in [5.74, 6) is -1.01. The van der Waals surface area contributed by atoms with Crippen molar-refractivity contribution in [1.82, 2.24) is 14.3 Å². The molecule has 0 spiro atoms. The van der Waals surface area contributed by atoms with Crippen molar-refractivity contribution in [2.24, 2.45) is 12.8 Å². The molecule has 3 N–H and O–H groups in total. The number of pyridine rings is 1. The summed E-state index contributed by atoms with van der Waals surface area (Å²) < 4.78 is 8.44. The molecule has 6 rings (SSSR count). The highest BCUT2D eigenvalue weighted by atomic mass is 16.5. The minimum absolute atomic E-state index is 0.0362. The van der Waals surface area contributed by atoms with Crippen molar-refractivity contribution in [3.63, 3.8) is 0 Å². The molecule has 10 nitrogen and oxygen atoms in total. The van der Waals surface area contributed by atoms with Crippen molar-refractivity contribution in [1.29, 1.82) is 5.26 Å². The molecule has 3 aromatic heterocycles. The van der Waals surface area contributed by atoms with Crippen molar-refractivity contribution >= 4 is 28.4 Å². The molecule has 0 saturated heterocycles.